The second kappa shape index (κ2) is 9.33. The number of ether oxygens (including phenoxy) is 2. The third kappa shape index (κ3) is 6.41. The molecule has 2 aliphatic rings. The summed E-state index contributed by atoms with van der Waals surface area (Å²) in [5.74, 6) is 2.97. The van der Waals surface area contributed by atoms with Crippen LogP contribution in [0.25, 0.3) is 0 Å². The SMILES string of the molecule is C#CCCC1(CCNC(=O)[C@@H]2C[C@H](Oc3ccncc3)CN2C(=O)OC(C)(C)C)N=N1. The Morgan fingerprint density at radius 2 is 2.00 bits per heavy atom. The van der Waals surface area contributed by atoms with E-state index in [1.807, 2.05) is 0 Å². The van der Waals surface area contributed by atoms with E-state index in [2.05, 4.69) is 26.4 Å². The molecule has 0 aromatic carbocycles. The van der Waals surface area contributed by atoms with Crippen molar-refractivity contribution in [3.05, 3.63) is 24.5 Å². The van der Waals surface area contributed by atoms with E-state index in [4.69, 9.17) is 15.9 Å². The number of nitrogens with one attached hydrogen (secondary N) is 1. The maximum absolute atomic E-state index is 12.9. The first kappa shape index (κ1) is 22.5. The smallest absolute Gasteiger partial charge is 0.411 e. The van der Waals surface area contributed by atoms with Crippen molar-refractivity contribution < 1.29 is 19.1 Å². The van der Waals surface area contributed by atoms with Crippen molar-refractivity contribution in [2.45, 2.75) is 69.9 Å². The van der Waals surface area contributed by atoms with Crippen LogP contribution in [0.3, 0.4) is 0 Å². The number of hydrogen-bond acceptors (Lipinski definition) is 7. The number of rotatable bonds is 8. The zero-order valence-corrected chi connectivity index (χ0v) is 18.2. The summed E-state index contributed by atoms with van der Waals surface area (Å²) in [6.45, 7) is 6.02. The van der Waals surface area contributed by atoms with Crippen molar-refractivity contribution in [3.63, 3.8) is 0 Å². The zero-order valence-electron chi connectivity index (χ0n) is 18.2. The third-order valence-corrected chi connectivity index (χ3v) is 5.02. The second-order valence-electron chi connectivity index (χ2n) is 8.73. The number of nitrogens with zero attached hydrogens (tertiary/aromatic N) is 4. The molecule has 9 nitrogen and oxygen atoms in total. The highest BCUT2D eigenvalue weighted by molar-refractivity contribution is 5.86. The molecule has 9 heteroatoms. The van der Waals surface area contributed by atoms with Crippen LogP contribution in [0, 0.1) is 12.3 Å². The molecule has 3 rings (SSSR count). The lowest BCUT2D eigenvalue weighted by molar-refractivity contribution is -0.125. The first-order chi connectivity index (χ1) is 14.7. The van der Waals surface area contributed by atoms with Gasteiger partial charge in [-0.05, 0) is 32.9 Å². The molecule has 0 spiro atoms. The van der Waals surface area contributed by atoms with Gasteiger partial charge in [0.2, 0.25) is 5.91 Å². The Labute approximate surface area is 182 Å². The summed E-state index contributed by atoms with van der Waals surface area (Å²) in [4.78, 5) is 31.1. The number of carbonyl (C=O) groups is 2. The standard InChI is InChI=1S/C22H29N5O4/c1-5-6-9-22(25-26-22)10-13-24-19(28)18-14-17(30-16-7-11-23-12-8-16)15-27(18)20(29)31-21(2,3)4/h1,7-8,11-12,17-18H,6,9-10,13-15H2,2-4H3,(H,24,28)/t17-,18-/m0/s1. The molecule has 1 N–H and O–H groups in total. The van der Waals surface area contributed by atoms with Crippen molar-refractivity contribution >= 4 is 12.0 Å². The minimum absolute atomic E-state index is 0.251. The Kier molecular flexibility index (Phi) is 6.78. The lowest BCUT2D eigenvalue weighted by Crippen LogP contribution is -2.48. The highest BCUT2D eigenvalue weighted by Gasteiger charge is 2.43. The number of hydrogen-bond donors (Lipinski definition) is 1. The fourth-order valence-electron chi connectivity index (χ4n) is 3.43. The third-order valence-electron chi connectivity index (χ3n) is 5.02. The van der Waals surface area contributed by atoms with Gasteiger partial charge in [0.25, 0.3) is 0 Å². The molecule has 3 heterocycles. The summed E-state index contributed by atoms with van der Waals surface area (Å²) in [5, 5.41) is 11.1. The fourth-order valence-corrected chi connectivity index (χ4v) is 3.43. The Morgan fingerprint density at radius 3 is 2.61 bits per heavy atom. The summed E-state index contributed by atoms with van der Waals surface area (Å²) in [6, 6.07) is 2.80. The monoisotopic (exact) mass is 427 g/mol. The van der Waals surface area contributed by atoms with Crippen LogP contribution in [0.1, 0.15) is 46.5 Å². The minimum atomic E-state index is -0.684. The number of likely N-dealkylation sites (tertiary alicyclic amines) is 1. The number of pyridine rings is 1. The van der Waals surface area contributed by atoms with E-state index in [1.54, 1.807) is 45.3 Å². The normalized spacial score (nSPS) is 21.3. The molecule has 0 unspecified atom stereocenters. The van der Waals surface area contributed by atoms with Crippen LogP contribution in [-0.2, 0) is 9.53 Å². The first-order valence-corrected chi connectivity index (χ1v) is 10.4. The average molecular weight is 428 g/mol. The number of carbonyl (C=O) groups excluding carboxylic acids is 2. The van der Waals surface area contributed by atoms with Gasteiger partial charge in [0.05, 0.1) is 6.54 Å². The predicted molar refractivity (Wildman–Crippen MR) is 113 cm³/mol. The highest BCUT2D eigenvalue weighted by atomic mass is 16.6. The van der Waals surface area contributed by atoms with Crippen molar-refractivity contribution in [1.29, 1.82) is 0 Å². The summed E-state index contributed by atoms with van der Waals surface area (Å²) in [7, 11) is 0. The Balaban J connectivity index is 1.60. The highest BCUT2D eigenvalue weighted by Crippen LogP contribution is 2.36. The van der Waals surface area contributed by atoms with Crippen LogP contribution in [0.15, 0.2) is 34.8 Å². The van der Waals surface area contributed by atoms with Crippen LogP contribution < -0.4 is 10.1 Å². The molecule has 0 bridgehead atoms. The zero-order chi connectivity index (χ0) is 22.5. The Morgan fingerprint density at radius 1 is 1.29 bits per heavy atom. The van der Waals surface area contributed by atoms with E-state index in [1.165, 1.54) is 4.90 Å². The van der Waals surface area contributed by atoms with Crippen LogP contribution in [0.5, 0.6) is 5.75 Å². The quantitative estimate of drug-likeness (QED) is 0.642. The molecule has 0 saturated carbocycles. The molecule has 166 valence electrons. The summed E-state index contributed by atoms with van der Waals surface area (Å²) in [5.41, 5.74) is -1.13. The lowest BCUT2D eigenvalue weighted by atomic mass is 10.0. The molecule has 31 heavy (non-hydrogen) atoms. The van der Waals surface area contributed by atoms with Crippen molar-refractivity contribution in [2.24, 2.45) is 10.2 Å². The van der Waals surface area contributed by atoms with E-state index >= 15 is 0 Å². The van der Waals surface area contributed by atoms with E-state index in [9.17, 15) is 9.59 Å². The molecule has 1 fully saturated rings. The Hall–Kier alpha value is -3.15. The van der Waals surface area contributed by atoms with E-state index in [0.717, 1.165) is 0 Å². The van der Waals surface area contributed by atoms with Gasteiger partial charge in [0.15, 0.2) is 5.66 Å². The van der Waals surface area contributed by atoms with Crippen LogP contribution >= 0.6 is 0 Å². The summed E-state index contributed by atoms with van der Waals surface area (Å²) < 4.78 is 11.5. The molecular weight excluding hydrogens is 398 g/mol. The maximum atomic E-state index is 12.9. The molecule has 1 aromatic heterocycles. The minimum Gasteiger partial charge on any atom is -0.488 e. The Bertz CT molecular complexity index is 853. The van der Waals surface area contributed by atoms with Crippen molar-refractivity contribution in [1.82, 2.24) is 15.2 Å². The number of terminal acetylenes is 1. The summed E-state index contributed by atoms with van der Waals surface area (Å²) in [6.07, 6.45) is 9.91. The molecule has 2 atom stereocenters. The first-order valence-electron chi connectivity index (χ1n) is 10.4. The largest absolute Gasteiger partial charge is 0.488 e. The second-order valence-corrected chi connectivity index (χ2v) is 8.73. The van der Waals surface area contributed by atoms with Crippen LogP contribution in [0.2, 0.25) is 0 Å². The predicted octanol–water partition coefficient (Wildman–Crippen LogP) is 2.92. The van der Waals surface area contributed by atoms with E-state index in [-0.39, 0.29) is 18.6 Å². The van der Waals surface area contributed by atoms with Crippen LogP contribution in [-0.4, -0.2) is 58.4 Å². The van der Waals surface area contributed by atoms with Gasteiger partial charge in [-0.15, -0.1) is 12.3 Å². The van der Waals surface area contributed by atoms with Gasteiger partial charge in [-0.3, -0.25) is 14.7 Å². The molecule has 2 amide bonds. The van der Waals surface area contributed by atoms with Gasteiger partial charge in [-0.25, -0.2) is 4.79 Å². The molecule has 1 saturated heterocycles. The maximum Gasteiger partial charge on any atom is 0.411 e. The van der Waals surface area contributed by atoms with Gasteiger partial charge < -0.3 is 14.8 Å². The van der Waals surface area contributed by atoms with Gasteiger partial charge in [-0.1, -0.05) is 0 Å². The van der Waals surface area contributed by atoms with Crippen molar-refractivity contribution in [3.8, 4) is 18.1 Å². The lowest BCUT2D eigenvalue weighted by Gasteiger charge is -2.27. The topological polar surface area (TPSA) is 105 Å². The molecule has 2 aliphatic heterocycles. The number of amides is 2. The van der Waals surface area contributed by atoms with Gasteiger partial charge in [-0.2, -0.15) is 10.2 Å². The van der Waals surface area contributed by atoms with Crippen LogP contribution in [0.4, 0.5) is 4.79 Å². The fraction of sp³-hybridized carbons (Fsp3) is 0.591. The molecule has 1 aromatic rings. The van der Waals surface area contributed by atoms with E-state index in [0.29, 0.717) is 38.0 Å². The summed E-state index contributed by atoms with van der Waals surface area (Å²) >= 11 is 0. The molecule has 0 radical (unpaired) electrons. The van der Waals surface area contributed by atoms with Crippen molar-refractivity contribution in [2.75, 3.05) is 13.1 Å². The van der Waals surface area contributed by atoms with Gasteiger partial charge in [0, 0.05) is 44.6 Å². The molecular formula is C22H29N5O4. The molecule has 0 aliphatic carbocycles. The number of aromatic nitrogens is 1. The average Bonchev–Trinajstić information content (AvgIpc) is 3.35. The van der Waals surface area contributed by atoms with Gasteiger partial charge >= 0.3 is 6.09 Å². The van der Waals surface area contributed by atoms with E-state index < -0.39 is 23.4 Å². The van der Waals surface area contributed by atoms with Gasteiger partial charge in [0.1, 0.15) is 23.5 Å².